The summed E-state index contributed by atoms with van der Waals surface area (Å²) in [6.45, 7) is 1.31. The molecule has 0 unspecified atom stereocenters. The van der Waals surface area contributed by atoms with Crippen molar-refractivity contribution in [1.82, 2.24) is 0 Å². The highest BCUT2D eigenvalue weighted by molar-refractivity contribution is 7.87. The van der Waals surface area contributed by atoms with E-state index in [0.717, 1.165) is 11.1 Å². The van der Waals surface area contributed by atoms with Crippen LogP contribution in [-0.4, -0.2) is 21.4 Å². The maximum atomic E-state index is 12.7. The van der Waals surface area contributed by atoms with Gasteiger partial charge in [-0.05, 0) is 41.5 Å². The number of methoxy groups -OCH3 is 1. The Morgan fingerprint density at radius 1 is 0.931 bits per heavy atom. The highest BCUT2D eigenvalue weighted by Gasteiger charge is 2.21. The number of halogens is 1. The number of rotatable bonds is 6. The highest BCUT2D eigenvalue weighted by Crippen LogP contribution is 2.33. The number of anilines is 1. The van der Waals surface area contributed by atoms with Crippen molar-refractivity contribution in [2.75, 3.05) is 12.4 Å². The van der Waals surface area contributed by atoms with Crippen molar-refractivity contribution in [3.8, 4) is 22.6 Å². The van der Waals surface area contributed by atoms with Gasteiger partial charge in [-0.3, -0.25) is 4.79 Å². The fraction of sp³-hybridized carbons (Fsp3) is 0.0952. The molecular weight excluding hydrogens is 414 g/mol. The van der Waals surface area contributed by atoms with E-state index in [9.17, 15) is 13.2 Å². The molecule has 0 saturated heterocycles. The first-order valence-corrected chi connectivity index (χ1v) is 10.3. The van der Waals surface area contributed by atoms with Crippen LogP contribution in [0.4, 0.5) is 5.69 Å². The van der Waals surface area contributed by atoms with E-state index in [-0.39, 0.29) is 27.3 Å². The SMILES string of the molecule is COc1ccc(S(=O)(=O)Oc2ccc(-c3ccccc3)cc2Cl)cc1NC(C)=O. The minimum atomic E-state index is -4.19. The Morgan fingerprint density at radius 3 is 2.24 bits per heavy atom. The zero-order valence-electron chi connectivity index (χ0n) is 15.7. The van der Waals surface area contributed by atoms with Crippen molar-refractivity contribution >= 4 is 33.3 Å². The summed E-state index contributed by atoms with van der Waals surface area (Å²) in [6.07, 6.45) is 0. The standard InChI is InChI=1S/C21H18ClNO5S/c1-14(24)23-19-13-17(9-11-21(19)27-2)29(25,26)28-20-10-8-16(12-18(20)22)15-6-4-3-5-7-15/h3-13H,1-2H3,(H,23,24). The van der Waals surface area contributed by atoms with Crippen LogP contribution in [-0.2, 0) is 14.9 Å². The Morgan fingerprint density at radius 2 is 1.62 bits per heavy atom. The molecule has 0 aliphatic heterocycles. The van der Waals surface area contributed by atoms with E-state index in [4.69, 9.17) is 20.5 Å². The molecule has 29 heavy (non-hydrogen) atoms. The average Bonchev–Trinajstić information content (AvgIpc) is 2.69. The fourth-order valence-electron chi connectivity index (χ4n) is 2.67. The van der Waals surface area contributed by atoms with Gasteiger partial charge in [-0.2, -0.15) is 8.42 Å². The van der Waals surface area contributed by atoms with Crippen molar-refractivity contribution < 1.29 is 22.1 Å². The van der Waals surface area contributed by atoms with E-state index in [2.05, 4.69) is 5.32 Å². The molecule has 3 rings (SSSR count). The molecule has 0 aromatic heterocycles. The smallest absolute Gasteiger partial charge is 0.339 e. The summed E-state index contributed by atoms with van der Waals surface area (Å²) in [7, 11) is -2.77. The van der Waals surface area contributed by atoms with E-state index in [0.29, 0.717) is 5.75 Å². The fourth-order valence-corrected chi connectivity index (χ4v) is 3.91. The maximum absolute atomic E-state index is 12.7. The second-order valence-corrected chi connectivity index (χ2v) is 8.05. The van der Waals surface area contributed by atoms with Crippen LogP contribution < -0.4 is 14.2 Å². The van der Waals surface area contributed by atoms with Crippen molar-refractivity contribution in [2.45, 2.75) is 11.8 Å². The van der Waals surface area contributed by atoms with Gasteiger partial charge in [0.2, 0.25) is 5.91 Å². The molecule has 0 aliphatic carbocycles. The molecule has 3 aromatic rings. The lowest BCUT2D eigenvalue weighted by Gasteiger charge is -2.13. The molecule has 1 amide bonds. The summed E-state index contributed by atoms with van der Waals surface area (Å²) in [5, 5.41) is 2.69. The lowest BCUT2D eigenvalue weighted by molar-refractivity contribution is -0.114. The molecule has 0 spiro atoms. The topological polar surface area (TPSA) is 81.7 Å². The minimum Gasteiger partial charge on any atom is -0.495 e. The van der Waals surface area contributed by atoms with Crippen molar-refractivity contribution in [1.29, 1.82) is 0 Å². The number of ether oxygens (including phenoxy) is 1. The third kappa shape index (κ3) is 4.88. The molecule has 6 nitrogen and oxygen atoms in total. The maximum Gasteiger partial charge on any atom is 0.339 e. The molecule has 3 aromatic carbocycles. The number of benzene rings is 3. The van der Waals surface area contributed by atoms with Crippen molar-refractivity contribution in [3.63, 3.8) is 0 Å². The zero-order valence-corrected chi connectivity index (χ0v) is 17.3. The molecule has 0 radical (unpaired) electrons. The van der Waals surface area contributed by atoms with Crippen molar-refractivity contribution in [3.05, 3.63) is 71.8 Å². The van der Waals surface area contributed by atoms with E-state index in [1.54, 1.807) is 12.1 Å². The zero-order chi connectivity index (χ0) is 21.0. The van der Waals surface area contributed by atoms with Gasteiger partial charge in [-0.25, -0.2) is 0 Å². The summed E-state index contributed by atoms with van der Waals surface area (Å²) >= 11 is 6.25. The van der Waals surface area contributed by atoms with Crippen LogP contribution in [0, 0.1) is 0 Å². The molecule has 0 saturated carbocycles. The van der Waals surface area contributed by atoms with Crippen LogP contribution in [0.1, 0.15) is 6.92 Å². The number of carbonyl (C=O) groups excluding carboxylic acids is 1. The average molecular weight is 432 g/mol. The van der Waals surface area contributed by atoms with Crippen LogP contribution in [0.25, 0.3) is 11.1 Å². The molecule has 0 aliphatic rings. The minimum absolute atomic E-state index is 0.00300. The third-order valence-electron chi connectivity index (χ3n) is 4.01. The molecule has 150 valence electrons. The first kappa shape index (κ1) is 20.7. The molecule has 0 heterocycles. The van der Waals surface area contributed by atoms with Crippen LogP contribution in [0.5, 0.6) is 11.5 Å². The summed E-state index contributed by atoms with van der Waals surface area (Å²) in [5.41, 5.74) is 1.99. The van der Waals surface area contributed by atoms with Crippen LogP contribution in [0.3, 0.4) is 0 Å². The summed E-state index contributed by atoms with van der Waals surface area (Å²) in [5.74, 6) is -0.0362. The molecule has 8 heteroatoms. The van der Waals surface area contributed by atoms with Crippen LogP contribution in [0.15, 0.2) is 71.6 Å². The Hall–Kier alpha value is -3.03. The van der Waals surface area contributed by atoms with Gasteiger partial charge in [0, 0.05) is 6.92 Å². The number of nitrogens with one attached hydrogen (secondary N) is 1. The van der Waals surface area contributed by atoms with Gasteiger partial charge in [0.25, 0.3) is 0 Å². The van der Waals surface area contributed by atoms with E-state index < -0.39 is 10.1 Å². The Balaban J connectivity index is 1.90. The second-order valence-electron chi connectivity index (χ2n) is 6.09. The highest BCUT2D eigenvalue weighted by atomic mass is 35.5. The number of carbonyl (C=O) groups is 1. The van der Waals surface area contributed by atoms with Gasteiger partial charge < -0.3 is 14.2 Å². The largest absolute Gasteiger partial charge is 0.495 e. The predicted molar refractivity (Wildman–Crippen MR) is 112 cm³/mol. The number of hydrogen-bond acceptors (Lipinski definition) is 5. The first-order valence-electron chi connectivity index (χ1n) is 8.55. The van der Waals surface area contributed by atoms with Gasteiger partial charge in [-0.1, -0.05) is 48.0 Å². The van der Waals surface area contributed by atoms with E-state index in [1.165, 1.54) is 38.3 Å². The molecular formula is C21H18ClNO5S. The lowest BCUT2D eigenvalue weighted by atomic mass is 10.1. The molecule has 1 N–H and O–H groups in total. The normalized spacial score (nSPS) is 11.0. The number of amides is 1. The number of hydrogen-bond donors (Lipinski definition) is 1. The summed E-state index contributed by atoms with van der Waals surface area (Å²) < 4.78 is 35.8. The molecule has 0 atom stereocenters. The van der Waals surface area contributed by atoms with Gasteiger partial charge in [-0.15, -0.1) is 0 Å². The molecule has 0 bridgehead atoms. The first-order chi connectivity index (χ1) is 13.8. The van der Waals surface area contributed by atoms with E-state index in [1.807, 2.05) is 30.3 Å². The van der Waals surface area contributed by atoms with Crippen LogP contribution >= 0.6 is 11.6 Å². The second kappa shape index (κ2) is 8.55. The summed E-state index contributed by atoms with van der Waals surface area (Å²) in [4.78, 5) is 11.2. The van der Waals surface area contributed by atoms with E-state index >= 15 is 0 Å². The van der Waals surface area contributed by atoms with Gasteiger partial charge in [0.05, 0.1) is 17.8 Å². The quantitative estimate of drug-likeness (QED) is 0.570. The predicted octanol–water partition coefficient (Wildman–Crippen LogP) is 4.74. The monoisotopic (exact) mass is 431 g/mol. The van der Waals surface area contributed by atoms with Gasteiger partial charge in [0.15, 0.2) is 5.75 Å². The Bertz CT molecular complexity index is 1150. The van der Waals surface area contributed by atoms with Crippen molar-refractivity contribution in [2.24, 2.45) is 0 Å². The van der Waals surface area contributed by atoms with Gasteiger partial charge >= 0.3 is 10.1 Å². The Kier molecular flexibility index (Phi) is 6.10. The lowest BCUT2D eigenvalue weighted by Crippen LogP contribution is -2.12. The summed E-state index contributed by atoms with van der Waals surface area (Å²) in [6, 6.07) is 18.4. The third-order valence-corrected chi connectivity index (χ3v) is 5.53. The van der Waals surface area contributed by atoms with Crippen LogP contribution in [0.2, 0.25) is 5.02 Å². The Labute approximate surface area is 174 Å². The molecule has 0 fully saturated rings. The van der Waals surface area contributed by atoms with Gasteiger partial charge in [0.1, 0.15) is 10.6 Å².